The quantitative estimate of drug-likeness (QED) is 0.389. The van der Waals surface area contributed by atoms with Gasteiger partial charge < -0.3 is 0 Å². The predicted molar refractivity (Wildman–Crippen MR) is 56.2 cm³/mol. The molecule has 1 aromatic carbocycles. The second kappa shape index (κ2) is 4.30. The predicted octanol–water partition coefficient (Wildman–Crippen LogP) is 0.659. The molecule has 0 aliphatic carbocycles. The monoisotopic (exact) mass is 221 g/mol. The van der Waals surface area contributed by atoms with E-state index in [1.165, 1.54) is 5.06 Å². The van der Waals surface area contributed by atoms with Crippen molar-refractivity contribution in [3.63, 3.8) is 0 Å². The third-order valence-corrected chi connectivity index (χ3v) is 2.27. The molecule has 0 spiro atoms. The molecule has 0 unspecified atom stereocenters. The average molecular weight is 221 g/mol. The number of carbonyl (C=O) groups is 1. The number of hydroxylamine groups is 2. The van der Waals surface area contributed by atoms with Gasteiger partial charge in [-0.25, -0.2) is 0 Å². The maximum absolute atomic E-state index is 11.4. The summed E-state index contributed by atoms with van der Waals surface area (Å²) in [4.78, 5) is 16.5. The SMILES string of the molecule is N=C(NO)c1ccc(N2OCCC2=O)cc1. The van der Waals surface area contributed by atoms with Gasteiger partial charge in [0.1, 0.15) is 5.84 Å². The van der Waals surface area contributed by atoms with E-state index in [0.717, 1.165) is 0 Å². The maximum Gasteiger partial charge on any atom is 0.253 e. The molecule has 1 amide bonds. The average Bonchev–Trinajstić information content (AvgIpc) is 2.75. The highest BCUT2D eigenvalue weighted by Gasteiger charge is 2.23. The van der Waals surface area contributed by atoms with Crippen molar-refractivity contribution >= 4 is 17.4 Å². The number of nitrogens with zero attached hydrogens (tertiary/aromatic N) is 1. The van der Waals surface area contributed by atoms with Gasteiger partial charge in [0, 0.05) is 5.56 Å². The summed E-state index contributed by atoms with van der Waals surface area (Å²) in [6.07, 6.45) is 0.385. The van der Waals surface area contributed by atoms with Gasteiger partial charge in [-0.3, -0.25) is 25.7 Å². The van der Waals surface area contributed by atoms with Gasteiger partial charge in [0.25, 0.3) is 5.91 Å². The van der Waals surface area contributed by atoms with E-state index >= 15 is 0 Å². The Balaban J connectivity index is 2.19. The summed E-state index contributed by atoms with van der Waals surface area (Å²) in [6.45, 7) is 0.397. The Morgan fingerprint density at radius 2 is 2.12 bits per heavy atom. The molecule has 0 bridgehead atoms. The first-order valence-corrected chi connectivity index (χ1v) is 4.77. The third-order valence-electron chi connectivity index (χ3n) is 2.27. The van der Waals surface area contributed by atoms with Crippen LogP contribution in [0.1, 0.15) is 12.0 Å². The number of amidine groups is 1. The summed E-state index contributed by atoms with van der Waals surface area (Å²) in [5.74, 6) is -0.177. The lowest BCUT2D eigenvalue weighted by atomic mass is 10.2. The van der Waals surface area contributed by atoms with Crippen LogP contribution in [0.4, 0.5) is 5.69 Å². The summed E-state index contributed by atoms with van der Waals surface area (Å²) in [7, 11) is 0. The van der Waals surface area contributed by atoms with Gasteiger partial charge >= 0.3 is 0 Å². The molecule has 0 atom stereocenters. The van der Waals surface area contributed by atoms with Crippen LogP contribution in [0.2, 0.25) is 0 Å². The van der Waals surface area contributed by atoms with E-state index in [0.29, 0.717) is 24.3 Å². The summed E-state index contributed by atoms with van der Waals surface area (Å²) in [5, 5.41) is 17.1. The Bertz CT molecular complexity index is 416. The van der Waals surface area contributed by atoms with E-state index in [4.69, 9.17) is 15.5 Å². The van der Waals surface area contributed by atoms with Crippen molar-refractivity contribution in [2.24, 2.45) is 0 Å². The topological polar surface area (TPSA) is 85.7 Å². The van der Waals surface area contributed by atoms with Crippen LogP contribution in [0, 0.1) is 5.41 Å². The third kappa shape index (κ3) is 1.88. The zero-order chi connectivity index (χ0) is 11.5. The number of benzene rings is 1. The molecule has 1 saturated heterocycles. The smallest absolute Gasteiger partial charge is 0.253 e. The first-order valence-electron chi connectivity index (χ1n) is 4.77. The van der Waals surface area contributed by atoms with Crippen molar-refractivity contribution in [1.82, 2.24) is 5.48 Å². The molecular weight excluding hydrogens is 210 g/mol. The molecule has 1 aromatic rings. The van der Waals surface area contributed by atoms with Crippen molar-refractivity contribution in [2.45, 2.75) is 6.42 Å². The van der Waals surface area contributed by atoms with Crippen LogP contribution in [-0.2, 0) is 9.63 Å². The summed E-state index contributed by atoms with van der Waals surface area (Å²) >= 11 is 0. The lowest BCUT2D eigenvalue weighted by molar-refractivity contribution is -0.119. The number of anilines is 1. The zero-order valence-electron chi connectivity index (χ0n) is 8.43. The highest BCUT2D eigenvalue weighted by molar-refractivity contribution is 5.97. The molecule has 0 aromatic heterocycles. The molecule has 16 heavy (non-hydrogen) atoms. The minimum atomic E-state index is -0.0970. The largest absolute Gasteiger partial charge is 0.290 e. The molecule has 6 nitrogen and oxygen atoms in total. The highest BCUT2D eigenvalue weighted by Crippen LogP contribution is 2.20. The molecule has 6 heteroatoms. The van der Waals surface area contributed by atoms with Crippen molar-refractivity contribution in [2.75, 3.05) is 11.7 Å². The fourth-order valence-electron chi connectivity index (χ4n) is 1.44. The highest BCUT2D eigenvalue weighted by atomic mass is 16.7. The minimum Gasteiger partial charge on any atom is -0.290 e. The van der Waals surface area contributed by atoms with E-state index in [1.54, 1.807) is 29.7 Å². The van der Waals surface area contributed by atoms with Crippen LogP contribution < -0.4 is 10.5 Å². The lowest BCUT2D eigenvalue weighted by Gasteiger charge is -2.14. The van der Waals surface area contributed by atoms with Gasteiger partial charge in [0.05, 0.1) is 18.7 Å². The number of hydrogen-bond acceptors (Lipinski definition) is 4. The van der Waals surface area contributed by atoms with Gasteiger partial charge in [-0.15, -0.1) is 0 Å². The number of rotatable bonds is 2. The van der Waals surface area contributed by atoms with Crippen LogP contribution in [-0.4, -0.2) is 23.6 Å². The second-order valence-corrected chi connectivity index (χ2v) is 3.31. The van der Waals surface area contributed by atoms with Gasteiger partial charge in [-0.05, 0) is 24.3 Å². The Kier molecular flexibility index (Phi) is 2.84. The molecule has 1 fully saturated rings. The van der Waals surface area contributed by atoms with Gasteiger partial charge in [0.15, 0.2) is 0 Å². The van der Waals surface area contributed by atoms with E-state index in [-0.39, 0.29) is 11.7 Å². The fraction of sp³-hybridized carbons (Fsp3) is 0.200. The Morgan fingerprint density at radius 3 is 2.62 bits per heavy atom. The zero-order valence-corrected chi connectivity index (χ0v) is 8.43. The molecule has 84 valence electrons. The molecule has 1 aliphatic rings. The van der Waals surface area contributed by atoms with Crippen molar-refractivity contribution in [1.29, 1.82) is 5.41 Å². The maximum atomic E-state index is 11.4. The first kappa shape index (κ1) is 10.6. The first-order chi connectivity index (χ1) is 7.72. The van der Waals surface area contributed by atoms with Crippen LogP contribution in [0.5, 0.6) is 0 Å². The van der Waals surface area contributed by atoms with E-state index < -0.39 is 0 Å². The van der Waals surface area contributed by atoms with Crippen molar-refractivity contribution < 1.29 is 14.8 Å². The Morgan fingerprint density at radius 1 is 1.44 bits per heavy atom. The van der Waals surface area contributed by atoms with Gasteiger partial charge in [0.2, 0.25) is 0 Å². The van der Waals surface area contributed by atoms with Crippen molar-refractivity contribution in [3.05, 3.63) is 29.8 Å². The summed E-state index contributed by atoms with van der Waals surface area (Å²) in [6, 6.07) is 6.56. The molecule has 1 heterocycles. The molecule has 0 radical (unpaired) electrons. The number of nitrogens with one attached hydrogen (secondary N) is 2. The summed E-state index contributed by atoms with van der Waals surface area (Å²) < 4.78 is 0. The van der Waals surface area contributed by atoms with Gasteiger partial charge in [-0.1, -0.05) is 0 Å². The normalized spacial score (nSPS) is 15.3. The van der Waals surface area contributed by atoms with Crippen LogP contribution in [0.25, 0.3) is 0 Å². The van der Waals surface area contributed by atoms with E-state index in [2.05, 4.69) is 0 Å². The number of amides is 1. The standard InChI is InChI=1S/C10H11N3O3/c11-10(12-15)7-1-3-8(4-2-7)13-9(14)5-6-16-13/h1-4,15H,5-6H2,(H2,11,12). The van der Waals surface area contributed by atoms with Crippen LogP contribution >= 0.6 is 0 Å². The molecule has 3 N–H and O–H groups in total. The molecule has 2 rings (SSSR count). The number of hydrogen-bond donors (Lipinski definition) is 3. The van der Waals surface area contributed by atoms with E-state index in [1.807, 2.05) is 0 Å². The summed E-state index contributed by atoms with van der Waals surface area (Å²) in [5.41, 5.74) is 2.90. The van der Waals surface area contributed by atoms with Crippen LogP contribution in [0.15, 0.2) is 24.3 Å². The Hall–Kier alpha value is -1.92. The molecule has 0 saturated carbocycles. The molecule has 1 aliphatic heterocycles. The minimum absolute atomic E-state index is 0.0805. The van der Waals surface area contributed by atoms with Crippen LogP contribution in [0.3, 0.4) is 0 Å². The van der Waals surface area contributed by atoms with E-state index in [9.17, 15) is 4.79 Å². The number of carbonyl (C=O) groups excluding carboxylic acids is 1. The van der Waals surface area contributed by atoms with Crippen molar-refractivity contribution in [3.8, 4) is 0 Å². The Labute approximate surface area is 91.9 Å². The second-order valence-electron chi connectivity index (χ2n) is 3.31. The fourth-order valence-corrected chi connectivity index (χ4v) is 1.44. The molecular formula is C10H11N3O3. The van der Waals surface area contributed by atoms with Gasteiger partial charge in [-0.2, -0.15) is 5.06 Å². The lowest BCUT2D eigenvalue weighted by Crippen LogP contribution is -2.22.